The van der Waals surface area contributed by atoms with E-state index in [0.717, 1.165) is 12.1 Å². The summed E-state index contributed by atoms with van der Waals surface area (Å²) in [6.45, 7) is 7.26. The smallest absolute Gasteiger partial charge is 0.262 e. The van der Waals surface area contributed by atoms with Crippen molar-refractivity contribution in [3.05, 3.63) is 25.3 Å². The van der Waals surface area contributed by atoms with Crippen LogP contribution in [0.2, 0.25) is 12.1 Å². The molecule has 0 unspecified atom stereocenters. The Morgan fingerprint density at radius 2 is 1.80 bits per heavy atom. The minimum Gasteiger partial charge on any atom is -0.453 e. The van der Waals surface area contributed by atoms with E-state index in [1.165, 1.54) is 0 Å². The number of rotatable bonds is 5. The Balaban J connectivity index is 3.92. The summed E-state index contributed by atoms with van der Waals surface area (Å²) in [6, 6.07) is 1.64. The first-order chi connectivity index (χ1) is 4.68. The molecular weight excluding hydrogens is 158 g/mol. The molecule has 2 N–H and O–H groups in total. The zero-order chi connectivity index (χ0) is 8.04. The largest absolute Gasteiger partial charge is 0.453 e. The van der Waals surface area contributed by atoms with Crippen molar-refractivity contribution in [1.29, 1.82) is 0 Å². The second kappa shape index (κ2) is 4.62. The maximum absolute atomic E-state index is 5.93. The fraction of sp³-hybridized carbons (Fsp3) is 0.333. The SMILES string of the molecule is C=CC[Si](N)(CC=C)O[SiH3]. The first kappa shape index (κ1) is 9.83. The predicted octanol–water partition coefficient (Wildman–Crippen LogP) is 0.0563. The van der Waals surface area contributed by atoms with Gasteiger partial charge in [-0.2, -0.15) is 0 Å². The summed E-state index contributed by atoms with van der Waals surface area (Å²) in [4.78, 5) is 0. The minimum atomic E-state index is -1.90. The van der Waals surface area contributed by atoms with Gasteiger partial charge in [0.25, 0.3) is 8.48 Å². The number of hydrogen-bond acceptors (Lipinski definition) is 2. The van der Waals surface area contributed by atoms with Gasteiger partial charge in [0.05, 0.1) is 0 Å². The van der Waals surface area contributed by atoms with Crippen LogP contribution in [0.25, 0.3) is 0 Å². The molecule has 0 radical (unpaired) electrons. The molecule has 0 aromatic carbocycles. The molecular formula is C6H15NOSi2. The number of allylic oxidation sites excluding steroid dienone is 2. The van der Waals surface area contributed by atoms with E-state index in [1.807, 2.05) is 12.2 Å². The monoisotopic (exact) mass is 173 g/mol. The molecule has 0 amide bonds. The summed E-state index contributed by atoms with van der Waals surface area (Å²) in [5, 5.41) is 5.93. The first-order valence-corrected chi connectivity index (χ1v) is 6.46. The Bertz CT molecular complexity index is 117. The van der Waals surface area contributed by atoms with Crippen molar-refractivity contribution < 1.29 is 4.12 Å². The van der Waals surface area contributed by atoms with Gasteiger partial charge < -0.3 is 9.51 Å². The van der Waals surface area contributed by atoms with Crippen LogP contribution >= 0.6 is 0 Å². The molecule has 0 heterocycles. The van der Waals surface area contributed by atoms with E-state index in [2.05, 4.69) is 13.2 Å². The zero-order valence-electron chi connectivity index (χ0n) is 6.47. The van der Waals surface area contributed by atoms with Crippen LogP contribution in [0.3, 0.4) is 0 Å². The molecule has 0 fully saturated rings. The fourth-order valence-corrected chi connectivity index (χ4v) is 3.22. The van der Waals surface area contributed by atoms with Crippen molar-refractivity contribution in [2.45, 2.75) is 12.1 Å². The molecule has 0 bridgehead atoms. The third-order valence-electron chi connectivity index (χ3n) is 1.39. The molecule has 0 spiro atoms. The highest BCUT2D eigenvalue weighted by atomic mass is 28.4. The third kappa shape index (κ3) is 3.12. The van der Waals surface area contributed by atoms with Gasteiger partial charge in [0.2, 0.25) is 0 Å². The molecule has 10 heavy (non-hydrogen) atoms. The van der Waals surface area contributed by atoms with Crippen molar-refractivity contribution >= 4 is 19.0 Å². The zero-order valence-corrected chi connectivity index (χ0v) is 9.47. The highest BCUT2D eigenvalue weighted by Crippen LogP contribution is 2.09. The van der Waals surface area contributed by atoms with Gasteiger partial charge in [0, 0.05) is 0 Å². The summed E-state index contributed by atoms with van der Waals surface area (Å²) >= 11 is 0. The minimum absolute atomic E-state index is 0.716. The standard InChI is InChI=1S/C6H15NOSi2/c1-3-5-10(7,8-9)6-4-2/h3-4H,1-2,5-7H2,9H3. The van der Waals surface area contributed by atoms with Crippen LogP contribution in [-0.2, 0) is 4.12 Å². The van der Waals surface area contributed by atoms with Crippen LogP contribution in [0.5, 0.6) is 0 Å². The molecule has 0 aliphatic heterocycles. The Kier molecular flexibility index (Phi) is 4.54. The molecule has 58 valence electrons. The van der Waals surface area contributed by atoms with E-state index in [9.17, 15) is 0 Å². The van der Waals surface area contributed by atoms with Gasteiger partial charge in [-0.15, -0.1) is 13.2 Å². The normalized spacial score (nSPS) is 11.3. The molecule has 0 aliphatic rings. The summed E-state index contributed by atoms with van der Waals surface area (Å²) in [6.07, 6.45) is 3.65. The highest BCUT2D eigenvalue weighted by Gasteiger charge is 2.24. The van der Waals surface area contributed by atoms with E-state index in [-0.39, 0.29) is 0 Å². The molecule has 4 heteroatoms. The predicted molar refractivity (Wildman–Crippen MR) is 51.0 cm³/mol. The van der Waals surface area contributed by atoms with E-state index < -0.39 is 8.48 Å². The lowest BCUT2D eigenvalue weighted by molar-refractivity contribution is 0.598. The summed E-state index contributed by atoms with van der Waals surface area (Å²) in [7, 11) is -1.18. The molecule has 0 aromatic heterocycles. The van der Waals surface area contributed by atoms with Crippen molar-refractivity contribution in [1.82, 2.24) is 0 Å². The van der Waals surface area contributed by atoms with Gasteiger partial charge >= 0.3 is 0 Å². The van der Waals surface area contributed by atoms with E-state index in [0.29, 0.717) is 10.5 Å². The summed E-state index contributed by atoms with van der Waals surface area (Å²) < 4.78 is 5.33. The summed E-state index contributed by atoms with van der Waals surface area (Å²) in [5.74, 6) is 0. The Morgan fingerprint density at radius 3 is 2.00 bits per heavy atom. The Hall–Kier alpha value is -0.166. The van der Waals surface area contributed by atoms with Gasteiger partial charge in [-0.05, 0) is 12.1 Å². The average Bonchev–Trinajstić information content (AvgIpc) is 1.89. The van der Waals surface area contributed by atoms with Crippen LogP contribution in [0, 0.1) is 0 Å². The Labute approximate surface area is 66.5 Å². The topological polar surface area (TPSA) is 35.2 Å². The molecule has 2 nitrogen and oxygen atoms in total. The first-order valence-electron chi connectivity index (χ1n) is 3.24. The van der Waals surface area contributed by atoms with Crippen LogP contribution in [0.4, 0.5) is 0 Å². The Morgan fingerprint density at radius 1 is 1.40 bits per heavy atom. The number of hydrogen-bond donors (Lipinski definition) is 1. The summed E-state index contributed by atoms with van der Waals surface area (Å²) in [5.41, 5.74) is 0. The van der Waals surface area contributed by atoms with Gasteiger partial charge in [0.15, 0.2) is 0 Å². The van der Waals surface area contributed by atoms with Crippen LogP contribution < -0.4 is 5.40 Å². The quantitative estimate of drug-likeness (QED) is 0.471. The van der Waals surface area contributed by atoms with Crippen molar-refractivity contribution in [2.24, 2.45) is 5.40 Å². The number of nitrogens with two attached hydrogens (primary N) is 1. The maximum atomic E-state index is 5.93. The molecule has 0 aliphatic carbocycles. The van der Waals surface area contributed by atoms with Gasteiger partial charge in [-0.25, -0.2) is 0 Å². The molecule has 0 atom stereocenters. The van der Waals surface area contributed by atoms with Crippen molar-refractivity contribution in [3.8, 4) is 0 Å². The van der Waals surface area contributed by atoms with Crippen molar-refractivity contribution in [3.63, 3.8) is 0 Å². The average molecular weight is 173 g/mol. The maximum Gasteiger partial charge on any atom is 0.262 e. The van der Waals surface area contributed by atoms with Crippen LogP contribution in [0.15, 0.2) is 25.3 Å². The third-order valence-corrected chi connectivity index (χ3v) is 6.60. The second-order valence-corrected chi connectivity index (χ2v) is 6.83. The molecule has 0 saturated heterocycles. The molecule has 0 aromatic rings. The van der Waals surface area contributed by atoms with Crippen molar-refractivity contribution in [2.75, 3.05) is 0 Å². The lowest BCUT2D eigenvalue weighted by Gasteiger charge is -2.21. The molecule has 0 saturated carbocycles. The van der Waals surface area contributed by atoms with Gasteiger partial charge in [-0.3, -0.25) is 0 Å². The van der Waals surface area contributed by atoms with E-state index in [1.54, 1.807) is 0 Å². The van der Waals surface area contributed by atoms with Crippen LogP contribution in [0.1, 0.15) is 0 Å². The molecule has 0 rings (SSSR count). The lowest BCUT2D eigenvalue weighted by Crippen LogP contribution is -2.47. The fourth-order valence-electron chi connectivity index (χ4n) is 0.739. The van der Waals surface area contributed by atoms with E-state index in [4.69, 9.17) is 9.51 Å². The lowest BCUT2D eigenvalue weighted by atomic mass is 10.7. The highest BCUT2D eigenvalue weighted by molar-refractivity contribution is 6.73. The second-order valence-electron chi connectivity index (χ2n) is 2.25. The van der Waals surface area contributed by atoms with Gasteiger partial charge in [0.1, 0.15) is 10.5 Å². The van der Waals surface area contributed by atoms with E-state index >= 15 is 0 Å². The van der Waals surface area contributed by atoms with Crippen LogP contribution in [-0.4, -0.2) is 19.0 Å². The van der Waals surface area contributed by atoms with Gasteiger partial charge in [-0.1, -0.05) is 12.2 Å².